The van der Waals surface area contributed by atoms with Crippen LogP contribution in [0.3, 0.4) is 0 Å². The van der Waals surface area contributed by atoms with Crippen LogP contribution in [0.25, 0.3) is 0 Å². The maximum Gasteiger partial charge on any atom is 0.232 e. The molecule has 4 nitrogen and oxygen atoms in total. The fourth-order valence-electron chi connectivity index (χ4n) is 1.60. The van der Waals surface area contributed by atoms with Gasteiger partial charge in [-0.15, -0.1) is 0 Å². The Morgan fingerprint density at radius 2 is 2.00 bits per heavy atom. The van der Waals surface area contributed by atoms with Crippen molar-refractivity contribution in [3.8, 4) is 0 Å². The second-order valence-electron chi connectivity index (χ2n) is 4.87. The van der Waals surface area contributed by atoms with E-state index in [1.165, 1.54) is 12.1 Å². The van der Waals surface area contributed by atoms with Crippen LogP contribution in [0.5, 0.6) is 0 Å². The zero-order valence-corrected chi connectivity index (χ0v) is 14.0. The van der Waals surface area contributed by atoms with Crippen molar-refractivity contribution in [3.63, 3.8) is 0 Å². The van der Waals surface area contributed by atoms with Crippen LogP contribution in [0.4, 0.5) is 10.1 Å². The van der Waals surface area contributed by atoms with Crippen molar-refractivity contribution >= 4 is 31.6 Å². The molecule has 114 valence electrons. The fourth-order valence-corrected chi connectivity index (χ4v) is 3.02. The molecule has 0 saturated heterocycles. The summed E-state index contributed by atoms with van der Waals surface area (Å²) in [5.41, 5.74) is 0.242. The largest absolute Gasteiger partial charge is 0.315 e. The molecule has 0 bridgehead atoms. The lowest BCUT2D eigenvalue weighted by Gasteiger charge is -2.10. The summed E-state index contributed by atoms with van der Waals surface area (Å²) in [6, 6.07) is 4.54. The molecule has 2 N–H and O–H groups in total. The smallest absolute Gasteiger partial charge is 0.232 e. The monoisotopic (exact) mass is 366 g/mol. The van der Waals surface area contributed by atoms with E-state index in [1.54, 1.807) is 0 Å². The number of rotatable bonds is 8. The first kappa shape index (κ1) is 17.4. The second kappa shape index (κ2) is 7.95. The van der Waals surface area contributed by atoms with E-state index in [1.807, 2.05) is 13.8 Å². The topological polar surface area (TPSA) is 58.2 Å². The van der Waals surface area contributed by atoms with E-state index in [0.717, 1.165) is 19.0 Å². The standard InChI is InChI=1S/C13H20BrFN2O2S/c1-10(2)16-7-3-4-8-20(18,19)17-11-5-6-12(14)13(15)9-11/h5-6,9-10,16-17H,3-4,7-8H2,1-2H3. The summed E-state index contributed by atoms with van der Waals surface area (Å²) < 4.78 is 39.6. The summed E-state index contributed by atoms with van der Waals surface area (Å²) in [6.45, 7) is 4.88. The molecule has 0 fully saturated rings. The average Bonchev–Trinajstić information content (AvgIpc) is 2.32. The van der Waals surface area contributed by atoms with Crippen LogP contribution in [-0.2, 0) is 10.0 Å². The van der Waals surface area contributed by atoms with Gasteiger partial charge in [0.2, 0.25) is 10.0 Å². The molecule has 0 atom stereocenters. The zero-order chi connectivity index (χ0) is 15.2. The van der Waals surface area contributed by atoms with Gasteiger partial charge in [0, 0.05) is 6.04 Å². The van der Waals surface area contributed by atoms with Crippen molar-refractivity contribution in [1.29, 1.82) is 0 Å². The normalized spacial score (nSPS) is 11.8. The molecule has 7 heteroatoms. The summed E-state index contributed by atoms with van der Waals surface area (Å²) in [5, 5.41) is 3.23. The maximum absolute atomic E-state index is 13.3. The predicted octanol–water partition coefficient (Wildman–Crippen LogP) is 3.11. The number of sulfonamides is 1. The lowest BCUT2D eigenvalue weighted by Crippen LogP contribution is -2.24. The number of hydrogen-bond donors (Lipinski definition) is 2. The number of benzene rings is 1. The zero-order valence-electron chi connectivity index (χ0n) is 11.6. The minimum atomic E-state index is -3.42. The quantitative estimate of drug-likeness (QED) is 0.695. The lowest BCUT2D eigenvalue weighted by molar-refractivity contribution is 0.561. The van der Waals surface area contributed by atoms with Crippen molar-refractivity contribution in [2.45, 2.75) is 32.7 Å². The summed E-state index contributed by atoms with van der Waals surface area (Å²) in [5.74, 6) is -0.462. The van der Waals surface area contributed by atoms with Gasteiger partial charge in [0.1, 0.15) is 5.82 Å². The Hall–Kier alpha value is -0.660. The van der Waals surface area contributed by atoms with Crippen molar-refractivity contribution in [2.24, 2.45) is 0 Å². The number of halogens is 2. The van der Waals surface area contributed by atoms with Gasteiger partial charge in [-0.1, -0.05) is 13.8 Å². The van der Waals surface area contributed by atoms with E-state index in [9.17, 15) is 12.8 Å². The Morgan fingerprint density at radius 1 is 1.30 bits per heavy atom. The molecular weight excluding hydrogens is 347 g/mol. The Balaban J connectivity index is 2.43. The highest BCUT2D eigenvalue weighted by molar-refractivity contribution is 9.10. The van der Waals surface area contributed by atoms with Crippen molar-refractivity contribution in [1.82, 2.24) is 5.32 Å². The third-order valence-corrected chi connectivity index (χ3v) is 4.60. The van der Waals surface area contributed by atoms with Crippen molar-refractivity contribution in [3.05, 3.63) is 28.5 Å². The van der Waals surface area contributed by atoms with Crippen LogP contribution < -0.4 is 10.0 Å². The second-order valence-corrected chi connectivity index (χ2v) is 7.56. The minimum Gasteiger partial charge on any atom is -0.315 e. The molecule has 0 heterocycles. The molecule has 1 aromatic carbocycles. The van der Waals surface area contributed by atoms with Crippen molar-refractivity contribution < 1.29 is 12.8 Å². The van der Waals surface area contributed by atoms with Crippen LogP contribution in [0.2, 0.25) is 0 Å². The lowest BCUT2D eigenvalue weighted by atomic mass is 10.3. The first-order chi connectivity index (χ1) is 9.30. The molecule has 20 heavy (non-hydrogen) atoms. The maximum atomic E-state index is 13.3. The van der Waals surface area contributed by atoms with Crippen LogP contribution in [0.15, 0.2) is 22.7 Å². The molecule has 0 saturated carbocycles. The Bertz CT molecular complexity index is 535. The van der Waals surface area contributed by atoms with E-state index >= 15 is 0 Å². The molecule has 0 unspecified atom stereocenters. The summed E-state index contributed by atoms with van der Waals surface area (Å²) in [7, 11) is -3.42. The van der Waals surface area contributed by atoms with Gasteiger partial charge in [0.05, 0.1) is 15.9 Å². The highest BCUT2D eigenvalue weighted by Crippen LogP contribution is 2.20. The molecular formula is C13H20BrFN2O2S. The average molecular weight is 367 g/mol. The fraction of sp³-hybridized carbons (Fsp3) is 0.538. The van der Waals surface area contributed by atoms with Gasteiger partial charge >= 0.3 is 0 Å². The van der Waals surface area contributed by atoms with E-state index in [4.69, 9.17) is 0 Å². The number of anilines is 1. The Morgan fingerprint density at radius 3 is 2.60 bits per heavy atom. The highest BCUT2D eigenvalue weighted by atomic mass is 79.9. The van der Waals surface area contributed by atoms with Crippen molar-refractivity contribution in [2.75, 3.05) is 17.0 Å². The minimum absolute atomic E-state index is 0.0322. The van der Waals surface area contributed by atoms with Gasteiger partial charge in [-0.3, -0.25) is 4.72 Å². The third kappa shape index (κ3) is 6.67. The first-order valence-electron chi connectivity index (χ1n) is 6.49. The first-order valence-corrected chi connectivity index (χ1v) is 8.93. The van der Waals surface area contributed by atoms with E-state index < -0.39 is 15.8 Å². The molecule has 0 spiro atoms. The van der Waals surface area contributed by atoms with Crippen LogP contribution in [0, 0.1) is 5.82 Å². The van der Waals surface area contributed by atoms with Gasteiger partial charge in [0.25, 0.3) is 0 Å². The molecule has 1 rings (SSSR count). The van der Waals surface area contributed by atoms with Crippen LogP contribution >= 0.6 is 15.9 Å². The summed E-state index contributed by atoms with van der Waals surface area (Å²) in [6.07, 6.45) is 1.35. The summed E-state index contributed by atoms with van der Waals surface area (Å²) in [4.78, 5) is 0. The van der Waals surface area contributed by atoms with E-state index in [0.29, 0.717) is 16.9 Å². The van der Waals surface area contributed by atoms with E-state index in [-0.39, 0.29) is 11.4 Å². The Labute approximate surface area is 128 Å². The number of hydrogen-bond acceptors (Lipinski definition) is 3. The highest BCUT2D eigenvalue weighted by Gasteiger charge is 2.11. The molecule has 0 aliphatic heterocycles. The van der Waals surface area contributed by atoms with Gasteiger partial charge < -0.3 is 5.32 Å². The van der Waals surface area contributed by atoms with E-state index in [2.05, 4.69) is 26.0 Å². The SMILES string of the molecule is CC(C)NCCCCS(=O)(=O)Nc1ccc(Br)c(F)c1. The molecule has 0 aliphatic rings. The third-order valence-electron chi connectivity index (χ3n) is 2.59. The van der Waals surface area contributed by atoms with Gasteiger partial charge in [0.15, 0.2) is 0 Å². The van der Waals surface area contributed by atoms with Gasteiger partial charge in [-0.2, -0.15) is 0 Å². The van der Waals surface area contributed by atoms with Crippen LogP contribution in [0.1, 0.15) is 26.7 Å². The van der Waals surface area contributed by atoms with Crippen LogP contribution in [-0.4, -0.2) is 26.8 Å². The summed E-state index contributed by atoms with van der Waals surface area (Å²) >= 11 is 3.02. The molecule has 0 aliphatic carbocycles. The molecule has 0 radical (unpaired) electrons. The van der Waals surface area contributed by atoms with Gasteiger partial charge in [-0.05, 0) is 53.5 Å². The molecule has 0 amide bonds. The molecule has 1 aromatic rings. The van der Waals surface area contributed by atoms with Gasteiger partial charge in [-0.25, -0.2) is 12.8 Å². The number of nitrogens with one attached hydrogen (secondary N) is 2. The predicted molar refractivity (Wildman–Crippen MR) is 83.9 cm³/mol. The number of unbranched alkanes of at least 4 members (excludes halogenated alkanes) is 1. The Kier molecular flexibility index (Phi) is 6.91. The molecule has 0 aromatic heterocycles.